The molecule has 1 rings (SSSR count). The highest BCUT2D eigenvalue weighted by Gasteiger charge is 2.24. The molecule has 0 bridgehead atoms. The largest absolute Gasteiger partial charge is 0.356 e. The molecule has 1 atom stereocenters. The lowest BCUT2D eigenvalue weighted by molar-refractivity contribution is 0.135. The van der Waals surface area contributed by atoms with Crippen molar-refractivity contribution >= 4 is 0 Å². The van der Waals surface area contributed by atoms with Crippen molar-refractivity contribution in [3.05, 3.63) is 12.4 Å². The van der Waals surface area contributed by atoms with E-state index in [0.717, 1.165) is 0 Å². The molecule has 2 nitrogen and oxygen atoms in total. The van der Waals surface area contributed by atoms with Gasteiger partial charge in [0.1, 0.15) is 6.17 Å². The molecule has 1 aliphatic rings. The quantitative estimate of drug-likeness (QED) is 0.0585. The summed E-state index contributed by atoms with van der Waals surface area (Å²) in [7, 11) is 0. The summed E-state index contributed by atoms with van der Waals surface area (Å²) >= 11 is 0. The van der Waals surface area contributed by atoms with E-state index >= 15 is 0 Å². The second-order valence-corrected chi connectivity index (χ2v) is 16.8. The van der Waals surface area contributed by atoms with Crippen molar-refractivity contribution in [1.82, 2.24) is 9.80 Å². The molecule has 1 aliphatic heterocycles. The SMILES string of the molecule is CCCCCCCCCCCCCCCCCCCN1C=CN(CCCCCCCCCCCCC)C1CCCCCCCCCCCCC. The predicted octanol–water partition coefficient (Wildman–Crippen LogP) is 17.1. The number of unbranched alkanes of at least 4 members (excludes halogenated alkanes) is 36. The lowest BCUT2D eigenvalue weighted by atomic mass is 10.0. The molecule has 0 aliphatic carbocycles. The molecule has 2 heteroatoms. The van der Waals surface area contributed by atoms with Crippen molar-refractivity contribution in [3.63, 3.8) is 0 Å². The van der Waals surface area contributed by atoms with Crippen LogP contribution in [-0.4, -0.2) is 29.1 Å². The van der Waals surface area contributed by atoms with E-state index < -0.39 is 0 Å². The predicted molar refractivity (Wildman–Crippen MR) is 228 cm³/mol. The Labute approximate surface area is 318 Å². The Hall–Kier alpha value is -0.660. The molecule has 0 aromatic carbocycles. The van der Waals surface area contributed by atoms with Gasteiger partial charge in [-0.15, -0.1) is 0 Å². The topological polar surface area (TPSA) is 6.48 Å². The minimum atomic E-state index is 0.637. The molecule has 0 spiro atoms. The molecule has 0 radical (unpaired) electrons. The second kappa shape index (κ2) is 39.5. The summed E-state index contributed by atoms with van der Waals surface area (Å²) in [5.41, 5.74) is 0. The first kappa shape index (κ1) is 47.4. The van der Waals surface area contributed by atoms with E-state index in [0.29, 0.717) is 6.17 Å². The van der Waals surface area contributed by atoms with Crippen LogP contribution >= 0.6 is 0 Å². The zero-order chi connectivity index (χ0) is 35.8. The molecule has 0 saturated heterocycles. The Kier molecular flexibility index (Phi) is 37.5. The van der Waals surface area contributed by atoms with Crippen molar-refractivity contribution in [2.24, 2.45) is 0 Å². The van der Waals surface area contributed by atoms with Gasteiger partial charge in [0.2, 0.25) is 0 Å². The zero-order valence-electron chi connectivity index (χ0n) is 35.3. The molecule has 0 aromatic heterocycles. The Morgan fingerprint density at radius 3 is 0.700 bits per heavy atom. The number of hydrogen-bond donors (Lipinski definition) is 0. The zero-order valence-corrected chi connectivity index (χ0v) is 35.3. The van der Waals surface area contributed by atoms with Crippen molar-refractivity contribution in [2.45, 2.75) is 284 Å². The minimum absolute atomic E-state index is 0.637. The van der Waals surface area contributed by atoms with E-state index in [1.807, 2.05) is 0 Å². The Morgan fingerprint density at radius 1 is 0.260 bits per heavy atom. The van der Waals surface area contributed by atoms with E-state index in [4.69, 9.17) is 0 Å². The third-order valence-corrected chi connectivity index (χ3v) is 11.8. The Balaban J connectivity index is 2.17. The van der Waals surface area contributed by atoms with Gasteiger partial charge in [-0.1, -0.05) is 252 Å². The van der Waals surface area contributed by atoms with E-state index in [-0.39, 0.29) is 0 Å². The van der Waals surface area contributed by atoms with Gasteiger partial charge in [0, 0.05) is 25.5 Å². The van der Waals surface area contributed by atoms with E-state index in [1.54, 1.807) is 0 Å². The molecule has 0 aromatic rings. The van der Waals surface area contributed by atoms with Crippen molar-refractivity contribution in [2.75, 3.05) is 13.1 Å². The first-order valence-corrected chi connectivity index (χ1v) is 24.0. The average Bonchev–Trinajstić information content (AvgIpc) is 3.51. The summed E-state index contributed by atoms with van der Waals surface area (Å²) < 4.78 is 0. The maximum atomic E-state index is 2.74. The first-order chi connectivity index (χ1) is 24.8. The van der Waals surface area contributed by atoms with Gasteiger partial charge in [0.05, 0.1) is 0 Å². The highest BCUT2D eigenvalue weighted by molar-refractivity contribution is 4.97. The summed E-state index contributed by atoms with van der Waals surface area (Å²) in [4.78, 5) is 5.47. The number of hydrogen-bond acceptors (Lipinski definition) is 2. The van der Waals surface area contributed by atoms with E-state index in [1.165, 1.54) is 270 Å². The van der Waals surface area contributed by atoms with Crippen LogP contribution in [0.1, 0.15) is 278 Å². The van der Waals surface area contributed by atoms with Crippen LogP contribution in [0.15, 0.2) is 12.4 Å². The highest BCUT2D eigenvalue weighted by atomic mass is 15.4. The fraction of sp³-hybridized carbons (Fsp3) is 0.958. The monoisotopic (exact) mass is 701 g/mol. The van der Waals surface area contributed by atoms with Gasteiger partial charge in [-0.05, 0) is 25.7 Å². The number of nitrogens with zero attached hydrogens (tertiary/aromatic N) is 2. The second-order valence-electron chi connectivity index (χ2n) is 16.8. The Bertz CT molecular complexity index is 659. The maximum absolute atomic E-state index is 2.74. The van der Waals surface area contributed by atoms with Crippen molar-refractivity contribution in [3.8, 4) is 0 Å². The van der Waals surface area contributed by atoms with Gasteiger partial charge in [-0.2, -0.15) is 0 Å². The van der Waals surface area contributed by atoms with Crippen LogP contribution in [0, 0.1) is 0 Å². The molecule has 0 fully saturated rings. The standard InChI is InChI=1S/C48H96N2/c1-4-7-10-13-16-19-22-23-24-25-26-27-30-33-36-39-42-45-50-47-46-49(44-41-38-35-32-29-21-18-15-12-9-6-3)48(50)43-40-37-34-31-28-20-17-14-11-8-5-2/h46-48H,4-45H2,1-3H3. The van der Waals surface area contributed by atoms with Crippen LogP contribution in [-0.2, 0) is 0 Å². The van der Waals surface area contributed by atoms with Gasteiger partial charge in [-0.25, -0.2) is 0 Å². The van der Waals surface area contributed by atoms with E-state index in [9.17, 15) is 0 Å². The molecular formula is C48H96N2. The molecule has 0 amide bonds. The lowest BCUT2D eigenvalue weighted by Crippen LogP contribution is -2.39. The van der Waals surface area contributed by atoms with Crippen LogP contribution in [0.25, 0.3) is 0 Å². The molecule has 298 valence electrons. The highest BCUT2D eigenvalue weighted by Crippen LogP contribution is 2.24. The summed E-state index contributed by atoms with van der Waals surface area (Å²) in [5, 5.41) is 0. The molecule has 1 heterocycles. The summed E-state index contributed by atoms with van der Waals surface area (Å²) in [5.74, 6) is 0. The van der Waals surface area contributed by atoms with Gasteiger partial charge in [-0.3, -0.25) is 0 Å². The normalized spacial score (nSPS) is 14.5. The third-order valence-electron chi connectivity index (χ3n) is 11.8. The minimum Gasteiger partial charge on any atom is -0.356 e. The molecule has 1 unspecified atom stereocenters. The van der Waals surface area contributed by atoms with Gasteiger partial charge in [0.25, 0.3) is 0 Å². The molecule has 50 heavy (non-hydrogen) atoms. The third kappa shape index (κ3) is 30.9. The van der Waals surface area contributed by atoms with Crippen LogP contribution in [0.2, 0.25) is 0 Å². The van der Waals surface area contributed by atoms with Gasteiger partial charge < -0.3 is 9.80 Å². The van der Waals surface area contributed by atoms with Crippen LogP contribution in [0.4, 0.5) is 0 Å². The number of rotatable bonds is 42. The van der Waals surface area contributed by atoms with Gasteiger partial charge in [0.15, 0.2) is 0 Å². The maximum Gasteiger partial charge on any atom is 0.101 e. The van der Waals surface area contributed by atoms with Crippen molar-refractivity contribution in [1.29, 1.82) is 0 Å². The van der Waals surface area contributed by atoms with Crippen molar-refractivity contribution < 1.29 is 0 Å². The van der Waals surface area contributed by atoms with E-state index in [2.05, 4.69) is 43.0 Å². The smallest absolute Gasteiger partial charge is 0.101 e. The van der Waals surface area contributed by atoms with Crippen LogP contribution in [0.5, 0.6) is 0 Å². The lowest BCUT2D eigenvalue weighted by Gasteiger charge is -2.33. The fourth-order valence-corrected chi connectivity index (χ4v) is 8.31. The summed E-state index contributed by atoms with van der Waals surface area (Å²) in [6.07, 6.45) is 63.4. The van der Waals surface area contributed by atoms with Gasteiger partial charge >= 0.3 is 0 Å². The Morgan fingerprint density at radius 2 is 0.460 bits per heavy atom. The summed E-state index contributed by atoms with van der Waals surface area (Å²) in [6.45, 7) is 9.49. The summed E-state index contributed by atoms with van der Waals surface area (Å²) in [6, 6.07) is 0. The fourth-order valence-electron chi connectivity index (χ4n) is 8.31. The van der Waals surface area contributed by atoms with Crippen LogP contribution < -0.4 is 0 Å². The molecule has 0 saturated carbocycles. The average molecular weight is 701 g/mol. The first-order valence-electron chi connectivity index (χ1n) is 24.0. The molecular weight excluding hydrogens is 605 g/mol. The van der Waals surface area contributed by atoms with Crippen LogP contribution in [0.3, 0.4) is 0 Å². The molecule has 0 N–H and O–H groups in total.